The number of carbonyl (C=O) groups excluding carboxylic acids is 3. The van der Waals surface area contributed by atoms with Crippen LogP contribution in [0, 0.1) is 19.8 Å². The number of hydrogen-bond acceptors (Lipinski definition) is 5. The third-order valence-corrected chi connectivity index (χ3v) is 6.45. The van der Waals surface area contributed by atoms with Crippen LogP contribution in [-0.4, -0.2) is 61.5 Å². The number of esters is 1. The number of benzene rings is 1. The van der Waals surface area contributed by atoms with Gasteiger partial charge in [0.25, 0.3) is 5.91 Å². The van der Waals surface area contributed by atoms with E-state index in [1.165, 1.54) is 0 Å². The van der Waals surface area contributed by atoms with E-state index >= 15 is 0 Å². The first-order valence-corrected chi connectivity index (χ1v) is 11.9. The molecule has 0 aliphatic carbocycles. The number of H-pyrrole nitrogens is 1. The molecule has 2 amide bonds. The van der Waals surface area contributed by atoms with Gasteiger partial charge in [-0.25, -0.2) is 4.79 Å². The number of rotatable bonds is 8. The first-order valence-electron chi connectivity index (χ1n) is 11.9. The smallest absolute Gasteiger partial charge is 0.340 e. The Bertz CT molecular complexity index is 1020. The Kier molecular flexibility index (Phi) is 8.36. The molecule has 0 saturated carbocycles. The van der Waals surface area contributed by atoms with Crippen molar-refractivity contribution in [1.29, 1.82) is 0 Å². The number of hydrogen-bond donors (Lipinski definition) is 2. The van der Waals surface area contributed by atoms with Crippen LogP contribution >= 0.6 is 0 Å². The average molecular weight is 469 g/mol. The van der Waals surface area contributed by atoms with Gasteiger partial charge in [0.15, 0.2) is 0 Å². The Balaban J connectivity index is 1.48. The van der Waals surface area contributed by atoms with Gasteiger partial charge in [-0.05, 0) is 62.8 Å². The number of nitrogens with one attached hydrogen (secondary N) is 2. The molecular weight excluding hydrogens is 432 g/mol. The predicted molar refractivity (Wildman–Crippen MR) is 132 cm³/mol. The van der Waals surface area contributed by atoms with E-state index in [1.807, 2.05) is 43.3 Å². The van der Waals surface area contributed by atoms with E-state index in [-0.39, 0.29) is 24.3 Å². The second kappa shape index (κ2) is 11.2. The number of aromatic nitrogens is 1. The van der Waals surface area contributed by atoms with Crippen molar-refractivity contribution in [3.63, 3.8) is 0 Å². The van der Waals surface area contributed by atoms with E-state index < -0.39 is 5.97 Å². The molecule has 1 aliphatic heterocycles. The van der Waals surface area contributed by atoms with Crippen molar-refractivity contribution in [1.82, 2.24) is 15.2 Å². The maximum absolute atomic E-state index is 13.1. The molecule has 0 spiro atoms. The molecule has 3 rings (SSSR count). The van der Waals surface area contributed by atoms with Crippen LogP contribution in [-0.2, 0) is 16.1 Å². The summed E-state index contributed by atoms with van der Waals surface area (Å²) in [5.74, 6) is -0.232. The van der Waals surface area contributed by atoms with Crippen molar-refractivity contribution in [2.45, 2.75) is 46.6 Å². The third-order valence-electron chi connectivity index (χ3n) is 6.45. The first-order chi connectivity index (χ1) is 16.2. The maximum atomic E-state index is 13.1. The summed E-state index contributed by atoms with van der Waals surface area (Å²) in [4.78, 5) is 44.7. The minimum atomic E-state index is -0.411. The fraction of sp³-hybridized carbons (Fsp3) is 0.500. The summed E-state index contributed by atoms with van der Waals surface area (Å²) in [6.45, 7) is 7.29. The Labute approximate surface area is 201 Å². The molecule has 1 saturated heterocycles. The van der Waals surface area contributed by atoms with Gasteiger partial charge in [0.05, 0.1) is 12.2 Å². The van der Waals surface area contributed by atoms with Gasteiger partial charge in [0.1, 0.15) is 5.69 Å². The second-order valence-electron chi connectivity index (χ2n) is 9.12. The number of ether oxygens (including phenoxy) is 1. The van der Waals surface area contributed by atoms with Crippen molar-refractivity contribution in [2.24, 2.45) is 5.92 Å². The molecule has 2 heterocycles. The zero-order valence-corrected chi connectivity index (χ0v) is 20.9. The fourth-order valence-electron chi connectivity index (χ4n) is 4.42. The monoisotopic (exact) mass is 468 g/mol. The van der Waals surface area contributed by atoms with E-state index in [2.05, 4.69) is 10.3 Å². The molecule has 2 aromatic rings. The Morgan fingerprint density at radius 2 is 1.76 bits per heavy atom. The predicted octanol–water partition coefficient (Wildman–Crippen LogP) is 3.43. The molecule has 0 atom stereocenters. The summed E-state index contributed by atoms with van der Waals surface area (Å²) < 4.78 is 5.12. The van der Waals surface area contributed by atoms with Gasteiger partial charge >= 0.3 is 5.97 Å². The summed E-state index contributed by atoms with van der Waals surface area (Å²) in [6.07, 6.45) is 2.02. The highest BCUT2D eigenvalue weighted by molar-refractivity contribution is 6.00. The normalized spacial score (nSPS) is 14.1. The van der Waals surface area contributed by atoms with Crippen molar-refractivity contribution < 1.29 is 19.1 Å². The molecule has 0 unspecified atom stereocenters. The fourth-order valence-corrected chi connectivity index (χ4v) is 4.42. The SMILES string of the molecule is CCOC(=O)c1c(C)[nH]c(C(=O)N2CCC(CC(=O)NCc3ccc(N(C)C)cc3)CC2)c1C. The minimum absolute atomic E-state index is 0.0383. The standard InChI is InChI=1S/C26H36N4O4/c1-6-34-26(33)23-17(2)24(28-18(23)3)25(32)30-13-11-19(12-14-30)15-22(31)27-16-20-7-9-21(10-8-20)29(4)5/h7-10,19,28H,6,11-16H2,1-5H3,(H,27,31). The molecule has 34 heavy (non-hydrogen) atoms. The van der Waals surface area contributed by atoms with Crippen molar-refractivity contribution in [3.8, 4) is 0 Å². The van der Waals surface area contributed by atoms with Crippen molar-refractivity contribution >= 4 is 23.5 Å². The van der Waals surface area contributed by atoms with E-state index in [1.54, 1.807) is 25.7 Å². The van der Waals surface area contributed by atoms with E-state index in [0.29, 0.717) is 48.6 Å². The maximum Gasteiger partial charge on any atom is 0.340 e. The lowest BCUT2D eigenvalue weighted by atomic mass is 9.93. The summed E-state index contributed by atoms with van der Waals surface area (Å²) >= 11 is 0. The molecule has 0 bridgehead atoms. The van der Waals surface area contributed by atoms with Crippen LogP contribution < -0.4 is 10.2 Å². The summed E-state index contributed by atoms with van der Waals surface area (Å²) in [5, 5.41) is 3.01. The van der Waals surface area contributed by atoms with Gasteiger partial charge in [-0.1, -0.05) is 12.1 Å². The molecule has 2 N–H and O–H groups in total. The molecular formula is C26H36N4O4. The van der Waals surface area contributed by atoms with Gasteiger partial charge in [-0.15, -0.1) is 0 Å². The number of anilines is 1. The number of piperidine rings is 1. The van der Waals surface area contributed by atoms with Crippen LogP contribution in [0.2, 0.25) is 0 Å². The third kappa shape index (κ3) is 5.98. The number of nitrogens with zero attached hydrogens (tertiary/aromatic N) is 2. The van der Waals surface area contributed by atoms with Gasteiger partial charge in [-0.2, -0.15) is 0 Å². The quantitative estimate of drug-likeness (QED) is 0.579. The highest BCUT2D eigenvalue weighted by atomic mass is 16.5. The van der Waals surface area contributed by atoms with Crippen LogP contribution in [0.3, 0.4) is 0 Å². The Morgan fingerprint density at radius 1 is 1.12 bits per heavy atom. The zero-order chi connectivity index (χ0) is 24.8. The molecule has 1 aromatic heterocycles. The first kappa shape index (κ1) is 25.3. The molecule has 1 aromatic carbocycles. The highest BCUT2D eigenvalue weighted by Gasteiger charge is 2.29. The van der Waals surface area contributed by atoms with Crippen LogP contribution in [0.15, 0.2) is 24.3 Å². The van der Waals surface area contributed by atoms with Crippen molar-refractivity contribution in [3.05, 3.63) is 52.3 Å². The van der Waals surface area contributed by atoms with Gasteiger partial charge < -0.3 is 24.8 Å². The topological polar surface area (TPSA) is 94.7 Å². The molecule has 184 valence electrons. The van der Waals surface area contributed by atoms with Crippen LogP contribution in [0.25, 0.3) is 0 Å². The van der Waals surface area contributed by atoms with Gasteiger partial charge in [0, 0.05) is 51.5 Å². The lowest BCUT2D eigenvalue weighted by Crippen LogP contribution is -2.40. The second-order valence-corrected chi connectivity index (χ2v) is 9.12. The molecule has 1 fully saturated rings. The minimum Gasteiger partial charge on any atom is -0.462 e. The Morgan fingerprint density at radius 3 is 2.35 bits per heavy atom. The molecule has 1 aliphatic rings. The number of carbonyl (C=O) groups is 3. The zero-order valence-electron chi connectivity index (χ0n) is 20.9. The lowest BCUT2D eigenvalue weighted by molar-refractivity contribution is -0.122. The molecule has 8 nitrogen and oxygen atoms in total. The van der Waals surface area contributed by atoms with E-state index in [0.717, 1.165) is 24.1 Å². The number of aryl methyl sites for hydroxylation is 1. The number of aromatic amines is 1. The van der Waals surface area contributed by atoms with Gasteiger partial charge in [-0.3, -0.25) is 9.59 Å². The summed E-state index contributed by atoms with van der Waals surface area (Å²) in [7, 11) is 3.99. The van der Waals surface area contributed by atoms with E-state index in [4.69, 9.17) is 4.74 Å². The van der Waals surface area contributed by atoms with Crippen LogP contribution in [0.5, 0.6) is 0 Å². The van der Waals surface area contributed by atoms with Crippen LogP contribution in [0.1, 0.15) is 63.9 Å². The highest BCUT2D eigenvalue weighted by Crippen LogP contribution is 2.25. The van der Waals surface area contributed by atoms with Crippen LogP contribution in [0.4, 0.5) is 5.69 Å². The largest absolute Gasteiger partial charge is 0.462 e. The van der Waals surface area contributed by atoms with Gasteiger partial charge in [0.2, 0.25) is 5.91 Å². The van der Waals surface area contributed by atoms with E-state index in [9.17, 15) is 14.4 Å². The Hall–Kier alpha value is -3.29. The van der Waals surface area contributed by atoms with Crippen molar-refractivity contribution in [2.75, 3.05) is 38.7 Å². The average Bonchev–Trinajstić information content (AvgIpc) is 3.12. The summed E-state index contributed by atoms with van der Waals surface area (Å²) in [6, 6.07) is 8.13. The molecule has 0 radical (unpaired) electrons. The lowest BCUT2D eigenvalue weighted by Gasteiger charge is -2.31. The number of amides is 2. The number of likely N-dealkylation sites (tertiary alicyclic amines) is 1. The summed E-state index contributed by atoms with van der Waals surface area (Å²) in [5.41, 5.74) is 4.34. The molecule has 8 heteroatoms.